The van der Waals surface area contributed by atoms with Gasteiger partial charge in [-0.1, -0.05) is 12.1 Å². The number of methoxy groups -OCH3 is 1. The van der Waals surface area contributed by atoms with E-state index in [1.807, 2.05) is 33.4 Å². The smallest absolute Gasteiger partial charge is 0.224 e. The largest absolute Gasteiger partial charge is 0.383 e. The Morgan fingerprint density at radius 1 is 1.20 bits per heavy atom. The quantitative estimate of drug-likeness (QED) is 0.617. The molecule has 3 aromatic rings. The fourth-order valence-electron chi connectivity index (χ4n) is 2.67. The van der Waals surface area contributed by atoms with Gasteiger partial charge in [-0.3, -0.25) is 4.79 Å². The summed E-state index contributed by atoms with van der Waals surface area (Å²) in [5.74, 6) is 0.806. The summed E-state index contributed by atoms with van der Waals surface area (Å²) in [6, 6.07) is 7.90. The number of nitrogens with zero attached hydrogens (tertiary/aromatic N) is 6. The van der Waals surface area contributed by atoms with Crippen LogP contribution in [0.15, 0.2) is 36.9 Å². The molecular formula is C17H22N6O2. The minimum Gasteiger partial charge on any atom is -0.383 e. The SMILES string of the molecule is COCCn1cnnc1CN(C)C(=O)CCn1cnc2ccccc21. The number of hydrogen-bond donors (Lipinski definition) is 0. The van der Waals surface area contributed by atoms with Crippen LogP contribution in [-0.2, 0) is 29.2 Å². The Balaban J connectivity index is 1.57. The lowest BCUT2D eigenvalue weighted by atomic mass is 10.3. The van der Waals surface area contributed by atoms with Crippen LogP contribution < -0.4 is 0 Å². The van der Waals surface area contributed by atoms with Crippen molar-refractivity contribution in [1.82, 2.24) is 29.2 Å². The molecule has 0 aliphatic carbocycles. The fraction of sp³-hybridized carbons (Fsp3) is 0.412. The van der Waals surface area contributed by atoms with Gasteiger partial charge in [-0.2, -0.15) is 0 Å². The molecule has 0 radical (unpaired) electrons. The number of imidazole rings is 1. The summed E-state index contributed by atoms with van der Waals surface area (Å²) in [5, 5.41) is 8.01. The maximum Gasteiger partial charge on any atom is 0.224 e. The van der Waals surface area contributed by atoms with E-state index in [9.17, 15) is 4.79 Å². The predicted octanol–water partition coefficient (Wildman–Crippen LogP) is 1.32. The highest BCUT2D eigenvalue weighted by Gasteiger charge is 2.14. The van der Waals surface area contributed by atoms with Gasteiger partial charge in [-0.25, -0.2) is 4.98 Å². The Morgan fingerprint density at radius 3 is 2.88 bits per heavy atom. The number of aromatic nitrogens is 5. The summed E-state index contributed by atoms with van der Waals surface area (Å²) >= 11 is 0. The molecule has 1 amide bonds. The first-order valence-corrected chi connectivity index (χ1v) is 8.18. The van der Waals surface area contributed by atoms with E-state index in [2.05, 4.69) is 15.2 Å². The van der Waals surface area contributed by atoms with Crippen LogP contribution in [0.25, 0.3) is 11.0 Å². The summed E-state index contributed by atoms with van der Waals surface area (Å²) in [5.41, 5.74) is 1.98. The molecule has 0 atom stereocenters. The summed E-state index contributed by atoms with van der Waals surface area (Å²) in [6.45, 7) is 2.27. The van der Waals surface area contributed by atoms with Gasteiger partial charge in [0.05, 0.1) is 30.5 Å². The lowest BCUT2D eigenvalue weighted by Crippen LogP contribution is -2.28. The number of fused-ring (bicyclic) bond motifs is 1. The van der Waals surface area contributed by atoms with Crippen LogP contribution in [0.1, 0.15) is 12.2 Å². The van der Waals surface area contributed by atoms with Crippen LogP contribution in [0.3, 0.4) is 0 Å². The molecule has 8 nitrogen and oxygen atoms in total. The van der Waals surface area contributed by atoms with E-state index < -0.39 is 0 Å². The lowest BCUT2D eigenvalue weighted by molar-refractivity contribution is -0.130. The molecule has 0 N–H and O–H groups in total. The minimum absolute atomic E-state index is 0.0547. The number of aryl methyl sites for hydroxylation is 1. The number of rotatable bonds is 8. The fourth-order valence-corrected chi connectivity index (χ4v) is 2.67. The topological polar surface area (TPSA) is 78.1 Å². The van der Waals surface area contributed by atoms with Crippen molar-refractivity contribution in [3.63, 3.8) is 0 Å². The van der Waals surface area contributed by atoms with Crippen LogP contribution in [0.5, 0.6) is 0 Å². The molecule has 1 aromatic carbocycles. The molecule has 8 heteroatoms. The van der Waals surface area contributed by atoms with E-state index >= 15 is 0 Å². The highest BCUT2D eigenvalue weighted by Crippen LogP contribution is 2.12. The lowest BCUT2D eigenvalue weighted by Gasteiger charge is -2.17. The average Bonchev–Trinajstić information content (AvgIpc) is 3.24. The first kappa shape index (κ1) is 17.1. The zero-order valence-corrected chi connectivity index (χ0v) is 14.5. The second kappa shape index (κ2) is 7.89. The van der Waals surface area contributed by atoms with Crippen LogP contribution in [-0.4, -0.2) is 55.9 Å². The van der Waals surface area contributed by atoms with Crippen LogP contribution in [0.2, 0.25) is 0 Å². The van der Waals surface area contributed by atoms with E-state index in [1.165, 1.54) is 0 Å². The van der Waals surface area contributed by atoms with Gasteiger partial charge >= 0.3 is 0 Å². The Kier molecular flexibility index (Phi) is 5.39. The zero-order valence-electron chi connectivity index (χ0n) is 14.5. The third-order valence-corrected chi connectivity index (χ3v) is 4.13. The molecule has 0 aliphatic rings. The van der Waals surface area contributed by atoms with Crippen molar-refractivity contribution in [3.8, 4) is 0 Å². The van der Waals surface area contributed by atoms with E-state index in [0.717, 1.165) is 16.9 Å². The molecule has 25 heavy (non-hydrogen) atoms. The molecule has 2 heterocycles. The Morgan fingerprint density at radius 2 is 2.04 bits per heavy atom. The molecule has 0 saturated carbocycles. The van der Waals surface area contributed by atoms with Crippen molar-refractivity contribution < 1.29 is 9.53 Å². The normalized spacial score (nSPS) is 11.1. The number of carbonyl (C=O) groups is 1. The molecule has 2 aromatic heterocycles. The number of benzene rings is 1. The van der Waals surface area contributed by atoms with Gasteiger partial charge < -0.3 is 18.8 Å². The molecule has 0 spiro atoms. The van der Waals surface area contributed by atoms with E-state index in [4.69, 9.17) is 4.74 Å². The second-order valence-electron chi connectivity index (χ2n) is 5.86. The number of amides is 1. The van der Waals surface area contributed by atoms with Crippen LogP contribution >= 0.6 is 0 Å². The number of para-hydroxylation sites is 2. The van der Waals surface area contributed by atoms with Crippen molar-refractivity contribution in [2.45, 2.75) is 26.1 Å². The molecular weight excluding hydrogens is 320 g/mol. The van der Waals surface area contributed by atoms with Gasteiger partial charge in [0.2, 0.25) is 5.91 Å². The van der Waals surface area contributed by atoms with Gasteiger partial charge in [0.25, 0.3) is 0 Å². The van der Waals surface area contributed by atoms with E-state index in [0.29, 0.717) is 32.7 Å². The van der Waals surface area contributed by atoms with Crippen LogP contribution in [0.4, 0.5) is 0 Å². The monoisotopic (exact) mass is 342 g/mol. The molecule has 132 valence electrons. The first-order valence-electron chi connectivity index (χ1n) is 8.18. The summed E-state index contributed by atoms with van der Waals surface area (Å²) < 4.78 is 8.97. The standard InChI is InChI=1S/C17H22N6O2/c1-21(11-16-20-19-13-23(16)9-10-25-2)17(24)7-8-22-12-18-14-5-3-4-6-15(14)22/h3-6,12-13H,7-11H2,1-2H3. The Bertz CT molecular complexity index is 840. The van der Waals surface area contributed by atoms with Gasteiger partial charge in [0.15, 0.2) is 5.82 Å². The number of ether oxygens (including phenoxy) is 1. The van der Waals surface area contributed by atoms with Gasteiger partial charge in [-0.15, -0.1) is 10.2 Å². The molecule has 0 bridgehead atoms. The van der Waals surface area contributed by atoms with Gasteiger partial charge in [0.1, 0.15) is 6.33 Å². The first-order chi connectivity index (χ1) is 12.2. The van der Waals surface area contributed by atoms with E-state index in [-0.39, 0.29) is 5.91 Å². The van der Waals surface area contributed by atoms with Gasteiger partial charge in [0, 0.05) is 33.7 Å². The number of hydrogen-bond acceptors (Lipinski definition) is 5. The highest BCUT2D eigenvalue weighted by molar-refractivity contribution is 5.77. The average molecular weight is 342 g/mol. The predicted molar refractivity (Wildman–Crippen MR) is 92.7 cm³/mol. The maximum absolute atomic E-state index is 12.4. The molecule has 0 aliphatic heterocycles. The zero-order chi connectivity index (χ0) is 17.6. The minimum atomic E-state index is 0.0547. The summed E-state index contributed by atoms with van der Waals surface area (Å²) in [6.07, 6.45) is 3.84. The maximum atomic E-state index is 12.4. The molecule has 0 saturated heterocycles. The molecule has 0 unspecified atom stereocenters. The summed E-state index contributed by atoms with van der Waals surface area (Å²) in [7, 11) is 3.43. The van der Waals surface area contributed by atoms with Crippen molar-refractivity contribution in [2.24, 2.45) is 0 Å². The third-order valence-electron chi connectivity index (χ3n) is 4.13. The molecule has 0 fully saturated rings. The van der Waals surface area contributed by atoms with Crippen molar-refractivity contribution in [3.05, 3.63) is 42.7 Å². The Labute approximate surface area is 146 Å². The van der Waals surface area contributed by atoms with E-state index in [1.54, 1.807) is 31.7 Å². The van der Waals surface area contributed by atoms with Crippen molar-refractivity contribution in [1.29, 1.82) is 0 Å². The summed E-state index contributed by atoms with van der Waals surface area (Å²) in [4.78, 5) is 18.5. The van der Waals surface area contributed by atoms with Crippen molar-refractivity contribution in [2.75, 3.05) is 20.8 Å². The van der Waals surface area contributed by atoms with Crippen LogP contribution in [0, 0.1) is 0 Å². The second-order valence-corrected chi connectivity index (χ2v) is 5.86. The third kappa shape index (κ3) is 4.03. The van der Waals surface area contributed by atoms with Crippen molar-refractivity contribution >= 4 is 16.9 Å². The van der Waals surface area contributed by atoms with Gasteiger partial charge in [-0.05, 0) is 12.1 Å². The number of carbonyl (C=O) groups excluding carboxylic acids is 1. The highest BCUT2D eigenvalue weighted by atomic mass is 16.5. The Hall–Kier alpha value is -2.74. The molecule has 3 rings (SSSR count).